The van der Waals surface area contributed by atoms with Crippen LogP contribution in [0.2, 0.25) is 0 Å². The number of aromatic amines is 2. The van der Waals surface area contributed by atoms with E-state index in [1.165, 1.54) is 0 Å². The van der Waals surface area contributed by atoms with E-state index in [2.05, 4.69) is 15.3 Å². The molecule has 3 aromatic carbocycles. The number of carbonyl (C=O) groups excluding carboxylic acids is 3. The Balaban J connectivity index is 1.20. The number of fused-ring (bicyclic) bond motifs is 6. The molecule has 2 aliphatic rings. The first-order chi connectivity index (χ1) is 17.9. The zero-order valence-corrected chi connectivity index (χ0v) is 19.5. The summed E-state index contributed by atoms with van der Waals surface area (Å²) in [6, 6.07) is 19.1. The number of anilines is 2. The van der Waals surface area contributed by atoms with Crippen molar-refractivity contribution in [2.75, 3.05) is 16.8 Å². The van der Waals surface area contributed by atoms with E-state index in [-0.39, 0.29) is 30.7 Å². The summed E-state index contributed by atoms with van der Waals surface area (Å²) in [5, 5.41) is 2.78. The van der Waals surface area contributed by atoms with Gasteiger partial charge in [-0.3, -0.25) is 28.9 Å². The summed E-state index contributed by atoms with van der Waals surface area (Å²) in [6.45, 7) is 0.273. The molecule has 2 aliphatic heterocycles. The van der Waals surface area contributed by atoms with Gasteiger partial charge in [-0.05, 0) is 42.8 Å². The summed E-state index contributed by atoms with van der Waals surface area (Å²) in [6.07, 6.45) is -0.0554. The molecule has 1 aromatic heterocycles. The van der Waals surface area contributed by atoms with Gasteiger partial charge in [0, 0.05) is 29.8 Å². The van der Waals surface area contributed by atoms with Crippen molar-refractivity contribution in [1.29, 1.82) is 0 Å². The number of H-pyrrole nitrogens is 2. The fourth-order valence-electron chi connectivity index (χ4n) is 5.03. The molecule has 0 aliphatic carbocycles. The second-order valence-corrected chi connectivity index (χ2v) is 8.97. The fourth-order valence-corrected chi connectivity index (χ4v) is 5.03. The van der Waals surface area contributed by atoms with Gasteiger partial charge in [-0.2, -0.15) is 0 Å². The first kappa shape index (κ1) is 22.5. The Morgan fingerprint density at radius 3 is 2.32 bits per heavy atom. The summed E-state index contributed by atoms with van der Waals surface area (Å²) in [4.78, 5) is 70.7. The zero-order chi connectivity index (χ0) is 25.7. The molecule has 4 aromatic rings. The molecule has 10 heteroatoms. The van der Waals surface area contributed by atoms with Crippen LogP contribution < -0.4 is 21.3 Å². The van der Waals surface area contributed by atoms with Crippen molar-refractivity contribution in [3.8, 4) is 0 Å². The van der Waals surface area contributed by atoms with Crippen molar-refractivity contribution < 1.29 is 14.4 Å². The Morgan fingerprint density at radius 2 is 1.51 bits per heavy atom. The molecular weight excluding hydrogens is 474 g/mol. The third kappa shape index (κ3) is 3.70. The first-order valence-electron chi connectivity index (χ1n) is 11.8. The van der Waals surface area contributed by atoms with Crippen LogP contribution in [0.1, 0.15) is 45.3 Å². The zero-order valence-electron chi connectivity index (χ0n) is 19.5. The molecule has 184 valence electrons. The summed E-state index contributed by atoms with van der Waals surface area (Å²) < 4.78 is 0. The Hall–Kier alpha value is -4.99. The van der Waals surface area contributed by atoms with Crippen LogP contribution in [0.15, 0.2) is 76.3 Å². The second-order valence-electron chi connectivity index (χ2n) is 8.97. The number of hydrogen-bond donors (Lipinski definition) is 3. The lowest BCUT2D eigenvalue weighted by molar-refractivity contribution is -0.116. The molecule has 37 heavy (non-hydrogen) atoms. The van der Waals surface area contributed by atoms with Crippen molar-refractivity contribution in [2.24, 2.45) is 0 Å². The second kappa shape index (κ2) is 8.59. The average Bonchev–Trinajstić information content (AvgIpc) is 3.19. The topological polar surface area (TPSA) is 135 Å². The quantitative estimate of drug-likeness (QED) is 0.366. The maximum Gasteiger partial charge on any atom is 0.314 e. The molecule has 0 spiro atoms. The number of benzene rings is 3. The van der Waals surface area contributed by atoms with E-state index < -0.39 is 17.3 Å². The van der Waals surface area contributed by atoms with E-state index in [0.717, 1.165) is 5.56 Å². The molecule has 0 fully saturated rings. The number of rotatable bonds is 5. The number of para-hydroxylation sites is 1. The number of hydrogen-bond acceptors (Lipinski definition) is 5. The minimum atomic E-state index is -0.773. The van der Waals surface area contributed by atoms with Crippen LogP contribution in [-0.2, 0) is 4.79 Å². The SMILES string of the molecule is O=C(CCCN1C(=O)c2ccccc2N2C(=O)c3ccccc3[C@H]12)Nc1ccc2[nH]c(=O)c(=O)[nH]c2c1. The van der Waals surface area contributed by atoms with Gasteiger partial charge < -0.3 is 20.2 Å². The standard InChI is InChI=1S/C27H21N5O5/c33-22(28-15-11-12-19-20(14-15)30-24(35)23(34)29-19)10-5-13-31-25-16-6-1-2-7-17(16)27(37)32(25)21-9-4-3-8-18(21)26(31)36/h1-4,6-9,11-12,14,25H,5,10,13H2,(H,28,33)(H,29,34)(H,30,35)/t25-/m1/s1. The first-order valence-corrected chi connectivity index (χ1v) is 11.8. The minimum absolute atomic E-state index is 0.133. The van der Waals surface area contributed by atoms with Gasteiger partial charge in [0.15, 0.2) is 0 Å². The maximum atomic E-state index is 13.5. The lowest BCUT2D eigenvalue weighted by Crippen LogP contribution is -2.48. The van der Waals surface area contributed by atoms with Gasteiger partial charge in [0.1, 0.15) is 6.17 Å². The average molecular weight is 495 g/mol. The van der Waals surface area contributed by atoms with Crippen LogP contribution in [0.4, 0.5) is 11.4 Å². The third-order valence-electron chi connectivity index (χ3n) is 6.69. The lowest BCUT2D eigenvalue weighted by atomic mass is 10.0. The maximum absolute atomic E-state index is 13.5. The van der Waals surface area contributed by atoms with E-state index in [0.29, 0.717) is 40.0 Å². The predicted molar refractivity (Wildman–Crippen MR) is 137 cm³/mol. The highest BCUT2D eigenvalue weighted by molar-refractivity contribution is 6.16. The number of aromatic nitrogens is 2. The van der Waals surface area contributed by atoms with Gasteiger partial charge in [-0.15, -0.1) is 0 Å². The van der Waals surface area contributed by atoms with Gasteiger partial charge in [0.05, 0.1) is 22.3 Å². The normalized spacial score (nSPS) is 15.9. The molecule has 1 atom stereocenters. The third-order valence-corrected chi connectivity index (χ3v) is 6.69. The molecule has 0 unspecified atom stereocenters. The molecule has 3 heterocycles. The molecular formula is C27H21N5O5. The Morgan fingerprint density at radius 1 is 0.811 bits per heavy atom. The van der Waals surface area contributed by atoms with E-state index in [1.807, 2.05) is 12.1 Å². The van der Waals surface area contributed by atoms with E-state index in [9.17, 15) is 24.0 Å². The van der Waals surface area contributed by atoms with E-state index in [1.54, 1.807) is 64.4 Å². The molecule has 3 N–H and O–H groups in total. The number of nitrogens with one attached hydrogen (secondary N) is 3. The van der Waals surface area contributed by atoms with Crippen LogP contribution in [0, 0.1) is 0 Å². The van der Waals surface area contributed by atoms with Gasteiger partial charge in [0.25, 0.3) is 11.8 Å². The smallest absolute Gasteiger partial charge is 0.314 e. The monoisotopic (exact) mass is 495 g/mol. The molecule has 0 saturated heterocycles. The molecule has 6 rings (SSSR count). The Labute approximate surface area is 209 Å². The molecule has 10 nitrogen and oxygen atoms in total. The molecule has 3 amide bonds. The van der Waals surface area contributed by atoms with Crippen molar-refractivity contribution >= 4 is 40.1 Å². The Kier molecular flexibility index (Phi) is 5.22. The molecule has 0 radical (unpaired) electrons. The van der Waals surface area contributed by atoms with Crippen molar-refractivity contribution in [3.63, 3.8) is 0 Å². The van der Waals surface area contributed by atoms with E-state index in [4.69, 9.17) is 0 Å². The number of amides is 3. The summed E-state index contributed by atoms with van der Waals surface area (Å²) in [5.74, 6) is -0.607. The molecule has 0 bridgehead atoms. The highest BCUT2D eigenvalue weighted by Gasteiger charge is 2.47. The van der Waals surface area contributed by atoms with Crippen molar-refractivity contribution in [1.82, 2.24) is 14.9 Å². The Bertz CT molecular complexity index is 1720. The predicted octanol–water partition coefficient (Wildman–Crippen LogP) is 2.75. The van der Waals surface area contributed by atoms with Crippen LogP contribution in [0.5, 0.6) is 0 Å². The summed E-state index contributed by atoms with van der Waals surface area (Å²) in [7, 11) is 0. The van der Waals surface area contributed by atoms with Gasteiger partial charge in [0.2, 0.25) is 5.91 Å². The van der Waals surface area contributed by atoms with Crippen LogP contribution in [0.25, 0.3) is 11.0 Å². The fraction of sp³-hybridized carbons (Fsp3) is 0.148. The van der Waals surface area contributed by atoms with Crippen LogP contribution >= 0.6 is 0 Å². The highest BCUT2D eigenvalue weighted by atomic mass is 16.2. The lowest BCUT2D eigenvalue weighted by Gasteiger charge is -2.41. The number of carbonyl (C=O) groups is 3. The number of nitrogens with zero attached hydrogens (tertiary/aromatic N) is 2. The van der Waals surface area contributed by atoms with Crippen molar-refractivity contribution in [3.05, 3.63) is 104 Å². The van der Waals surface area contributed by atoms with Crippen LogP contribution in [0.3, 0.4) is 0 Å². The summed E-state index contributed by atoms with van der Waals surface area (Å²) in [5.41, 5.74) is 2.15. The summed E-state index contributed by atoms with van der Waals surface area (Å²) >= 11 is 0. The van der Waals surface area contributed by atoms with Crippen LogP contribution in [-0.4, -0.2) is 39.1 Å². The van der Waals surface area contributed by atoms with Crippen molar-refractivity contribution in [2.45, 2.75) is 19.0 Å². The minimum Gasteiger partial charge on any atom is -0.326 e. The van der Waals surface area contributed by atoms with Gasteiger partial charge in [-0.25, -0.2) is 0 Å². The highest BCUT2D eigenvalue weighted by Crippen LogP contribution is 2.45. The van der Waals surface area contributed by atoms with E-state index >= 15 is 0 Å². The van der Waals surface area contributed by atoms with Gasteiger partial charge in [-0.1, -0.05) is 30.3 Å². The largest absolute Gasteiger partial charge is 0.326 e. The molecule has 0 saturated carbocycles. The van der Waals surface area contributed by atoms with Gasteiger partial charge >= 0.3 is 11.1 Å².